The lowest BCUT2D eigenvalue weighted by atomic mass is 10.1. The minimum Gasteiger partial charge on any atom is -0.338 e. The summed E-state index contributed by atoms with van der Waals surface area (Å²) >= 11 is 5.56. The third kappa shape index (κ3) is 4.83. The number of hydrogen-bond acceptors (Lipinski definition) is 2. The first-order valence-corrected chi connectivity index (χ1v) is 7.34. The molecular formula is C17H14ClF3N2O. The van der Waals surface area contributed by atoms with Gasteiger partial charge in [0.05, 0.1) is 10.6 Å². The lowest BCUT2D eigenvalue weighted by Gasteiger charge is -2.15. The Hall–Kier alpha value is -2.34. The summed E-state index contributed by atoms with van der Waals surface area (Å²) in [5, 5.41) is -0.374. The van der Waals surface area contributed by atoms with Crippen molar-refractivity contribution in [1.82, 2.24) is 9.88 Å². The quantitative estimate of drug-likeness (QED) is 0.761. The van der Waals surface area contributed by atoms with Gasteiger partial charge in [-0.25, -0.2) is 0 Å². The van der Waals surface area contributed by atoms with E-state index in [1.165, 1.54) is 23.1 Å². The number of amides is 1. The fourth-order valence-electron chi connectivity index (χ4n) is 2.00. The van der Waals surface area contributed by atoms with E-state index in [0.29, 0.717) is 6.54 Å². The smallest absolute Gasteiger partial charge is 0.338 e. The summed E-state index contributed by atoms with van der Waals surface area (Å²) in [4.78, 5) is 17.4. The highest BCUT2D eigenvalue weighted by Crippen LogP contribution is 2.35. The Bertz CT molecular complexity index is 745. The summed E-state index contributed by atoms with van der Waals surface area (Å²) in [5.74, 6) is -0.324. The number of alkyl halides is 3. The van der Waals surface area contributed by atoms with E-state index in [1.807, 2.05) is 0 Å². The first-order chi connectivity index (χ1) is 11.3. The number of hydrogen-bond donors (Lipinski definition) is 0. The van der Waals surface area contributed by atoms with Crippen molar-refractivity contribution < 1.29 is 18.0 Å². The second kappa shape index (κ2) is 7.49. The van der Waals surface area contributed by atoms with Crippen LogP contribution in [0.2, 0.25) is 5.02 Å². The first kappa shape index (κ1) is 18.0. The Morgan fingerprint density at radius 2 is 1.92 bits per heavy atom. The van der Waals surface area contributed by atoms with Crippen molar-refractivity contribution in [2.24, 2.45) is 0 Å². The van der Waals surface area contributed by atoms with Crippen molar-refractivity contribution in [3.8, 4) is 0 Å². The predicted octanol–water partition coefficient (Wildman–Crippen LogP) is 4.43. The molecule has 0 saturated carbocycles. The average molecular weight is 355 g/mol. The third-order valence-electron chi connectivity index (χ3n) is 3.26. The molecule has 0 aliphatic carbocycles. The number of carbonyl (C=O) groups is 1. The molecule has 1 aromatic carbocycles. The van der Waals surface area contributed by atoms with E-state index >= 15 is 0 Å². The number of aromatic nitrogens is 1. The summed E-state index contributed by atoms with van der Waals surface area (Å²) in [5.41, 5.74) is 0.224. The summed E-state index contributed by atoms with van der Waals surface area (Å²) in [6, 6.07) is 7.05. The highest BCUT2D eigenvalue weighted by Gasteiger charge is 2.33. The normalized spacial score (nSPS) is 11.7. The van der Waals surface area contributed by atoms with Crippen LogP contribution in [0.5, 0.6) is 0 Å². The maximum Gasteiger partial charge on any atom is 0.417 e. The zero-order valence-corrected chi connectivity index (χ0v) is 13.5. The van der Waals surface area contributed by atoms with Gasteiger partial charge in [0.25, 0.3) is 0 Å². The molecule has 126 valence electrons. The molecule has 0 unspecified atom stereocenters. The van der Waals surface area contributed by atoms with Crippen LogP contribution in [-0.4, -0.2) is 22.8 Å². The van der Waals surface area contributed by atoms with Crippen LogP contribution < -0.4 is 0 Å². The SMILES string of the molecule is CN(Cc1ccncc1)C(=O)/C=C/c1ccc(Cl)c(C(F)(F)F)c1. The van der Waals surface area contributed by atoms with Crippen molar-refractivity contribution in [2.75, 3.05) is 7.05 Å². The van der Waals surface area contributed by atoms with Crippen LogP contribution in [0.4, 0.5) is 13.2 Å². The molecule has 1 aromatic heterocycles. The molecule has 7 heteroatoms. The Kier molecular flexibility index (Phi) is 5.62. The molecule has 1 amide bonds. The van der Waals surface area contributed by atoms with Crippen LogP contribution in [0.25, 0.3) is 6.08 Å². The molecule has 0 aliphatic rings. The number of pyridine rings is 1. The molecule has 0 radical (unpaired) electrons. The van der Waals surface area contributed by atoms with E-state index in [0.717, 1.165) is 17.7 Å². The Labute approximate surface area is 142 Å². The fourth-order valence-corrected chi connectivity index (χ4v) is 2.22. The minimum absolute atomic E-state index is 0.248. The van der Waals surface area contributed by atoms with Crippen molar-refractivity contribution in [2.45, 2.75) is 12.7 Å². The van der Waals surface area contributed by atoms with Gasteiger partial charge in [0.15, 0.2) is 0 Å². The van der Waals surface area contributed by atoms with Gasteiger partial charge in [-0.05, 0) is 41.5 Å². The molecule has 2 rings (SSSR count). The predicted molar refractivity (Wildman–Crippen MR) is 86.2 cm³/mol. The van der Waals surface area contributed by atoms with Gasteiger partial charge in [0.1, 0.15) is 0 Å². The number of likely N-dealkylation sites (N-methyl/N-ethyl adjacent to an activating group) is 1. The van der Waals surface area contributed by atoms with Crippen LogP contribution in [-0.2, 0) is 17.5 Å². The zero-order chi connectivity index (χ0) is 17.7. The van der Waals surface area contributed by atoms with Gasteiger partial charge in [-0.2, -0.15) is 13.2 Å². The molecule has 0 spiro atoms. The van der Waals surface area contributed by atoms with Gasteiger partial charge in [-0.15, -0.1) is 0 Å². The molecule has 0 saturated heterocycles. The van der Waals surface area contributed by atoms with Gasteiger partial charge >= 0.3 is 6.18 Å². The maximum atomic E-state index is 12.8. The van der Waals surface area contributed by atoms with E-state index in [2.05, 4.69) is 4.98 Å². The van der Waals surface area contributed by atoms with E-state index < -0.39 is 11.7 Å². The molecule has 1 heterocycles. The molecule has 0 fully saturated rings. The van der Waals surface area contributed by atoms with Crippen molar-refractivity contribution >= 4 is 23.6 Å². The number of rotatable bonds is 4. The van der Waals surface area contributed by atoms with Gasteiger partial charge in [0.2, 0.25) is 5.91 Å². The van der Waals surface area contributed by atoms with Gasteiger partial charge < -0.3 is 4.90 Å². The lowest BCUT2D eigenvalue weighted by Crippen LogP contribution is -2.24. The standard InChI is InChI=1S/C17H14ClF3N2O/c1-23(11-13-6-8-22-9-7-13)16(24)5-3-12-2-4-15(18)14(10-12)17(19,20)21/h2-10H,11H2,1H3/b5-3+. The Balaban J connectivity index is 2.08. The minimum atomic E-state index is -4.54. The van der Waals surface area contributed by atoms with Crippen LogP contribution in [0.1, 0.15) is 16.7 Å². The molecule has 2 aromatic rings. The van der Waals surface area contributed by atoms with Crippen LogP contribution in [0, 0.1) is 0 Å². The lowest BCUT2D eigenvalue weighted by molar-refractivity contribution is -0.137. The second-order valence-corrected chi connectivity index (χ2v) is 5.53. The summed E-state index contributed by atoms with van der Waals surface area (Å²) in [6.45, 7) is 0.375. The summed E-state index contributed by atoms with van der Waals surface area (Å²) < 4.78 is 38.4. The second-order valence-electron chi connectivity index (χ2n) is 5.12. The van der Waals surface area contributed by atoms with Crippen LogP contribution in [0.15, 0.2) is 48.8 Å². The molecule has 0 bridgehead atoms. The molecule has 0 N–H and O–H groups in total. The van der Waals surface area contributed by atoms with Crippen LogP contribution in [0.3, 0.4) is 0 Å². The summed E-state index contributed by atoms with van der Waals surface area (Å²) in [7, 11) is 1.61. The fraction of sp³-hybridized carbons (Fsp3) is 0.176. The highest BCUT2D eigenvalue weighted by atomic mass is 35.5. The van der Waals surface area contributed by atoms with Crippen molar-refractivity contribution in [3.05, 3.63) is 70.5 Å². The van der Waals surface area contributed by atoms with Crippen molar-refractivity contribution in [1.29, 1.82) is 0 Å². The van der Waals surface area contributed by atoms with Gasteiger partial charge in [0, 0.05) is 32.1 Å². The Morgan fingerprint density at radius 3 is 2.54 bits per heavy atom. The molecule has 0 aliphatic heterocycles. The van der Waals surface area contributed by atoms with Gasteiger partial charge in [-0.1, -0.05) is 17.7 Å². The zero-order valence-electron chi connectivity index (χ0n) is 12.7. The monoisotopic (exact) mass is 354 g/mol. The number of halogens is 4. The first-order valence-electron chi connectivity index (χ1n) is 6.96. The largest absolute Gasteiger partial charge is 0.417 e. The molecular weight excluding hydrogens is 341 g/mol. The maximum absolute atomic E-state index is 12.8. The molecule has 3 nitrogen and oxygen atoms in total. The average Bonchev–Trinajstić information content (AvgIpc) is 2.53. The number of benzene rings is 1. The van der Waals surface area contributed by atoms with Crippen LogP contribution >= 0.6 is 11.6 Å². The van der Waals surface area contributed by atoms with E-state index in [-0.39, 0.29) is 16.5 Å². The summed E-state index contributed by atoms with van der Waals surface area (Å²) in [6.07, 6.45) is 1.26. The number of carbonyl (C=O) groups excluding carboxylic acids is 1. The van der Waals surface area contributed by atoms with Crippen molar-refractivity contribution in [3.63, 3.8) is 0 Å². The molecule has 24 heavy (non-hydrogen) atoms. The molecule has 0 atom stereocenters. The van der Waals surface area contributed by atoms with E-state index in [9.17, 15) is 18.0 Å². The third-order valence-corrected chi connectivity index (χ3v) is 3.59. The van der Waals surface area contributed by atoms with Gasteiger partial charge in [-0.3, -0.25) is 9.78 Å². The Morgan fingerprint density at radius 1 is 1.25 bits per heavy atom. The number of nitrogens with zero attached hydrogens (tertiary/aromatic N) is 2. The van der Waals surface area contributed by atoms with E-state index in [4.69, 9.17) is 11.6 Å². The topological polar surface area (TPSA) is 33.2 Å². The van der Waals surface area contributed by atoms with E-state index in [1.54, 1.807) is 31.6 Å². The highest BCUT2D eigenvalue weighted by molar-refractivity contribution is 6.31.